The lowest BCUT2D eigenvalue weighted by molar-refractivity contribution is 0.0925. The van der Waals surface area contributed by atoms with Gasteiger partial charge in [0.05, 0.1) is 5.56 Å². The van der Waals surface area contributed by atoms with Crippen molar-refractivity contribution < 1.29 is 4.79 Å². The first-order valence-corrected chi connectivity index (χ1v) is 6.69. The summed E-state index contributed by atoms with van der Waals surface area (Å²) < 4.78 is 1.86. The second kappa shape index (κ2) is 7.64. The van der Waals surface area contributed by atoms with Gasteiger partial charge >= 0.3 is 0 Å². The molecule has 2 N–H and O–H groups in total. The van der Waals surface area contributed by atoms with Crippen molar-refractivity contribution in [2.24, 2.45) is 0 Å². The van der Waals surface area contributed by atoms with E-state index in [0.29, 0.717) is 11.6 Å². The molecule has 0 aliphatic carbocycles. The molecule has 2 aromatic rings. The molecule has 1 fully saturated rings. The summed E-state index contributed by atoms with van der Waals surface area (Å²) in [6, 6.07) is 4.42. The van der Waals surface area contributed by atoms with E-state index >= 15 is 0 Å². The molecule has 0 aromatic carbocycles. The zero-order valence-corrected chi connectivity index (χ0v) is 13.4. The molecule has 0 bridgehead atoms. The molecule has 1 saturated heterocycles. The van der Waals surface area contributed by atoms with Gasteiger partial charge in [0, 0.05) is 30.7 Å². The number of piperidine rings is 1. The fourth-order valence-corrected chi connectivity index (χ4v) is 2.59. The van der Waals surface area contributed by atoms with Gasteiger partial charge in [-0.2, -0.15) is 0 Å². The van der Waals surface area contributed by atoms with E-state index < -0.39 is 0 Å². The SMILES string of the molecule is CC1CC(NC(=O)c2ccc3nccn3c2)CCN1.Cl.Cl. The number of pyridine rings is 1. The molecule has 1 aliphatic heterocycles. The van der Waals surface area contributed by atoms with Crippen LogP contribution in [0.4, 0.5) is 0 Å². The van der Waals surface area contributed by atoms with E-state index in [9.17, 15) is 4.79 Å². The second-order valence-corrected chi connectivity index (χ2v) is 5.16. The molecule has 0 spiro atoms. The number of amides is 1. The predicted molar refractivity (Wildman–Crippen MR) is 87.6 cm³/mol. The first-order valence-electron chi connectivity index (χ1n) is 6.69. The maximum absolute atomic E-state index is 12.2. The van der Waals surface area contributed by atoms with Crippen LogP contribution in [-0.2, 0) is 0 Å². The third-order valence-corrected chi connectivity index (χ3v) is 3.61. The molecule has 1 amide bonds. The predicted octanol–water partition coefficient (Wildman–Crippen LogP) is 2.05. The number of imidazole rings is 1. The Morgan fingerprint density at radius 2 is 2.24 bits per heavy atom. The van der Waals surface area contributed by atoms with E-state index in [1.54, 1.807) is 6.20 Å². The zero-order valence-electron chi connectivity index (χ0n) is 11.8. The Kier molecular flexibility index (Phi) is 6.45. The first kappa shape index (κ1) is 17.8. The Balaban J connectivity index is 0.00000110. The van der Waals surface area contributed by atoms with Crippen LogP contribution in [0.1, 0.15) is 30.1 Å². The minimum absolute atomic E-state index is 0. The van der Waals surface area contributed by atoms with E-state index in [1.807, 2.05) is 28.9 Å². The molecule has 116 valence electrons. The van der Waals surface area contributed by atoms with Crippen molar-refractivity contribution in [3.8, 4) is 0 Å². The molecule has 0 radical (unpaired) electrons. The van der Waals surface area contributed by atoms with Crippen molar-refractivity contribution in [1.29, 1.82) is 0 Å². The van der Waals surface area contributed by atoms with Crippen molar-refractivity contribution in [3.63, 3.8) is 0 Å². The van der Waals surface area contributed by atoms with Gasteiger partial charge in [-0.1, -0.05) is 0 Å². The third kappa shape index (κ3) is 4.09. The van der Waals surface area contributed by atoms with E-state index in [4.69, 9.17) is 0 Å². The van der Waals surface area contributed by atoms with Crippen molar-refractivity contribution in [2.45, 2.75) is 31.8 Å². The largest absolute Gasteiger partial charge is 0.349 e. The van der Waals surface area contributed by atoms with Crippen molar-refractivity contribution in [2.75, 3.05) is 6.54 Å². The molecule has 2 aromatic heterocycles. The maximum atomic E-state index is 12.2. The van der Waals surface area contributed by atoms with Crippen LogP contribution in [0.2, 0.25) is 0 Å². The number of halogens is 2. The average molecular weight is 331 g/mol. The van der Waals surface area contributed by atoms with Gasteiger partial charge in [-0.25, -0.2) is 4.98 Å². The molecule has 0 saturated carbocycles. The monoisotopic (exact) mass is 330 g/mol. The Morgan fingerprint density at radius 1 is 1.43 bits per heavy atom. The van der Waals surface area contributed by atoms with Crippen LogP contribution in [0, 0.1) is 0 Å². The number of carbonyl (C=O) groups is 1. The van der Waals surface area contributed by atoms with E-state index in [-0.39, 0.29) is 36.8 Å². The molecular weight excluding hydrogens is 311 g/mol. The summed E-state index contributed by atoms with van der Waals surface area (Å²) in [5.41, 5.74) is 1.53. The Morgan fingerprint density at radius 3 is 3.00 bits per heavy atom. The number of hydrogen-bond acceptors (Lipinski definition) is 3. The van der Waals surface area contributed by atoms with Crippen LogP contribution >= 0.6 is 24.8 Å². The van der Waals surface area contributed by atoms with Crippen LogP contribution in [0.5, 0.6) is 0 Å². The molecular formula is C14H20Cl2N4O. The third-order valence-electron chi connectivity index (χ3n) is 3.61. The molecule has 5 nitrogen and oxygen atoms in total. The number of fused-ring (bicyclic) bond motifs is 1. The normalized spacial score (nSPS) is 21.2. The molecule has 2 unspecified atom stereocenters. The number of carbonyl (C=O) groups excluding carboxylic acids is 1. The van der Waals surface area contributed by atoms with Gasteiger partial charge < -0.3 is 15.0 Å². The summed E-state index contributed by atoms with van der Waals surface area (Å²) in [6.07, 6.45) is 7.37. The minimum atomic E-state index is -0.00491. The highest BCUT2D eigenvalue weighted by molar-refractivity contribution is 5.94. The Hall–Kier alpha value is -1.30. The lowest BCUT2D eigenvalue weighted by atomic mass is 10.0. The van der Waals surface area contributed by atoms with Crippen LogP contribution in [0.3, 0.4) is 0 Å². The van der Waals surface area contributed by atoms with E-state index in [2.05, 4.69) is 22.5 Å². The quantitative estimate of drug-likeness (QED) is 0.885. The molecule has 21 heavy (non-hydrogen) atoms. The molecule has 2 atom stereocenters. The van der Waals surface area contributed by atoms with Crippen LogP contribution < -0.4 is 10.6 Å². The number of hydrogen-bond donors (Lipinski definition) is 2. The Labute approximate surface area is 136 Å². The van der Waals surface area contributed by atoms with Gasteiger partial charge in [0.25, 0.3) is 5.91 Å². The molecule has 1 aliphatic rings. The van der Waals surface area contributed by atoms with Crippen molar-refractivity contribution in [1.82, 2.24) is 20.0 Å². The maximum Gasteiger partial charge on any atom is 0.252 e. The fraction of sp³-hybridized carbons (Fsp3) is 0.429. The zero-order chi connectivity index (χ0) is 13.2. The number of nitrogens with zero attached hydrogens (tertiary/aromatic N) is 2. The fourth-order valence-electron chi connectivity index (χ4n) is 2.59. The summed E-state index contributed by atoms with van der Waals surface area (Å²) in [4.78, 5) is 16.4. The van der Waals surface area contributed by atoms with Crippen LogP contribution in [-0.4, -0.2) is 33.9 Å². The topological polar surface area (TPSA) is 58.4 Å². The van der Waals surface area contributed by atoms with Crippen molar-refractivity contribution in [3.05, 3.63) is 36.3 Å². The highest BCUT2D eigenvalue weighted by atomic mass is 35.5. The van der Waals surface area contributed by atoms with Gasteiger partial charge in [-0.05, 0) is 38.4 Å². The molecule has 3 heterocycles. The van der Waals surface area contributed by atoms with Crippen LogP contribution in [0.25, 0.3) is 5.65 Å². The van der Waals surface area contributed by atoms with Crippen molar-refractivity contribution >= 4 is 36.4 Å². The molecule has 7 heteroatoms. The van der Waals surface area contributed by atoms with Gasteiger partial charge in [0.2, 0.25) is 0 Å². The van der Waals surface area contributed by atoms with E-state index in [0.717, 1.165) is 25.0 Å². The summed E-state index contributed by atoms with van der Waals surface area (Å²) >= 11 is 0. The van der Waals surface area contributed by atoms with E-state index in [1.165, 1.54) is 0 Å². The first-order chi connectivity index (χ1) is 9.22. The van der Waals surface area contributed by atoms with Gasteiger partial charge in [0.1, 0.15) is 5.65 Å². The highest BCUT2D eigenvalue weighted by Gasteiger charge is 2.20. The Bertz CT molecular complexity index is 601. The van der Waals surface area contributed by atoms with Gasteiger partial charge in [-0.15, -0.1) is 24.8 Å². The van der Waals surface area contributed by atoms with Gasteiger partial charge in [0.15, 0.2) is 0 Å². The number of rotatable bonds is 2. The summed E-state index contributed by atoms with van der Waals surface area (Å²) in [6.45, 7) is 3.11. The number of nitrogens with one attached hydrogen (secondary N) is 2. The lowest BCUT2D eigenvalue weighted by Crippen LogP contribution is -2.46. The smallest absolute Gasteiger partial charge is 0.252 e. The van der Waals surface area contributed by atoms with Gasteiger partial charge in [-0.3, -0.25) is 4.79 Å². The second-order valence-electron chi connectivity index (χ2n) is 5.16. The average Bonchev–Trinajstić information content (AvgIpc) is 2.85. The summed E-state index contributed by atoms with van der Waals surface area (Å²) in [5.74, 6) is -0.00491. The summed E-state index contributed by atoms with van der Waals surface area (Å²) in [5, 5.41) is 6.49. The lowest BCUT2D eigenvalue weighted by Gasteiger charge is -2.28. The standard InChI is InChI=1S/C14H18N4O.2ClH/c1-10-8-12(4-5-15-10)17-14(19)11-2-3-13-16-6-7-18(13)9-11;;/h2-3,6-7,9-10,12,15H,4-5,8H2,1H3,(H,17,19);2*1H. The summed E-state index contributed by atoms with van der Waals surface area (Å²) in [7, 11) is 0. The van der Waals surface area contributed by atoms with Crippen LogP contribution in [0.15, 0.2) is 30.7 Å². The molecule has 3 rings (SSSR count). The highest BCUT2D eigenvalue weighted by Crippen LogP contribution is 2.10. The number of aromatic nitrogens is 2. The minimum Gasteiger partial charge on any atom is -0.349 e.